The molecule has 0 bridgehead atoms. The van der Waals surface area contributed by atoms with Crippen LogP contribution in [0.4, 0.5) is 4.39 Å². The van der Waals surface area contributed by atoms with Crippen molar-refractivity contribution < 1.29 is 9.13 Å². The molecule has 1 rings (SSSR count). The zero-order chi connectivity index (χ0) is 10.9. The zero-order valence-electron chi connectivity index (χ0n) is 8.40. The summed E-state index contributed by atoms with van der Waals surface area (Å²) in [6.45, 7) is 3.61. The Morgan fingerprint density at radius 2 is 2.00 bits per heavy atom. The van der Waals surface area contributed by atoms with Crippen LogP contribution >= 0.6 is 15.9 Å². The summed E-state index contributed by atoms with van der Waals surface area (Å²) in [6.07, 6.45) is 0. The monoisotopic (exact) mass is 261 g/mol. The van der Waals surface area contributed by atoms with Gasteiger partial charge in [-0.2, -0.15) is 0 Å². The number of hydrogen-bond acceptors (Lipinski definition) is 2. The molecular formula is C10H13BrFNO. The van der Waals surface area contributed by atoms with Crippen LogP contribution in [0.25, 0.3) is 0 Å². The molecule has 0 saturated heterocycles. The Bertz CT molecular complexity index is 347. The van der Waals surface area contributed by atoms with Gasteiger partial charge in [-0.3, -0.25) is 0 Å². The molecule has 0 heterocycles. The van der Waals surface area contributed by atoms with Crippen molar-refractivity contribution in [3.8, 4) is 5.75 Å². The van der Waals surface area contributed by atoms with E-state index in [1.165, 1.54) is 13.2 Å². The van der Waals surface area contributed by atoms with Gasteiger partial charge in [0.1, 0.15) is 11.6 Å². The van der Waals surface area contributed by atoms with E-state index in [4.69, 9.17) is 10.5 Å². The number of nitrogens with two attached hydrogens (primary N) is 1. The summed E-state index contributed by atoms with van der Waals surface area (Å²) in [6, 6.07) is 2.97. The molecule has 0 aliphatic heterocycles. The van der Waals surface area contributed by atoms with Gasteiger partial charge in [-0.15, -0.1) is 0 Å². The fraction of sp³-hybridized carbons (Fsp3) is 0.400. The van der Waals surface area contributed by atoms with Gasteiger partial charge in [0.2, 0.25) is 0 Å². The second kappa shape index (κ2) is 3.87. The minimum Gasteiger partial charge on any atom is -0.496 e. The third-order valence-corrected chi connectivity index (χ3v) is 2.54. The molecular weight excluding hydrogens is 249 g/mol. The third-order valence-electron chi connectivity index (χ3n) is 1.94. The van der Waals surface area contributed by atoms with Crippen molar-refractivity contribution in [2.75, 3.05) is 7.11 Å². The summed E-state index contributed by atoms with van der Waals surface area (Å²) in [5, 5.41) is 0. The molecule has 0 spiro atoms. The molecule has 1 aromatic carbocycles. The van der Waals surface area contributed by atoms with Crippen molar-refractivity contribution in [2.24, 2.45) is 5.73 Å². The van der Waals surface area contributed by atoms with Crippen molar-refractivity contribution in [1.82, 2.24) is 0 Å². The van der Waals surface area contributed by atoms with E-state index in [2.05, 4.69) is 15.9 Å². The Hall–Kier alpha value is -0.610. The number of methoxy groups -OCH3 is 1. The maximum atomic E-state index is 13.3. The molecule has 78 valence electrons. The lowest BCUT2D eigenvalue weighted by Crippen LogP contribution is -2.29. The van der Waals surface area contributed by atoms with Gasteiger partial charge in [0, 0.05) is 11.1 Å². The normalized spacial score (nSPS) is 11.6. The molecule has 0 aromatic heterocycles. The van der Waals surface area contributed by atoms with Crippen molar-refractivity contribution in [3.05, 3.63) is 28.0 Å². The lowest BCUT2D eigenvalue weighted by Gasteiger charge is -2.22. The maximum Gasteiger partial charge on any atom is 0.137 e. The van der Waals surface area contributed by atoms with Crippen LogP contribution in [-0.4, -0.2) is 7.11 Å². The van der Waals surface area contributed by atoms with Crippen molar-refractivity contribution in [3.63, 3.8) is 0 Å². The Morgan fingerprint density at radius 1 is 1.43 bits per heavy atom. The Morgan fingerprint density at radius 3 is 2.43 bits per heavy atom. The summed E-state index contributed by atoms with van der Waals surface area (Å²) in [7, 11) is 1.54. The van der Waals surface area contributed by atoms with Gasteiger partial charge in [0.15, 0.2) is 0 Å². The number of ether oxygens (including phenoxy) is 1. The molecule has 0 saturated carbocycles. The smallest absolute Gasteiger partial charge is 0.137 e. The lowest BCUT2D eigenvalue weighted by molar-refractivity contribution is 0.392. The highest BCUT2D eigenvalue weighted by molar-refractivity contribution is 9.10. The minimum atomic E-state index is -0.618. The summed E-state index contributed by atoms with van der Waals surface area (Å²) in [5.41, 5.74) is 5.93. The highest BCUT2D eigenvalue weighted by Gasteiger charge is 2.21. The molecule has 0 aliphatic carbocycles. The van der Waals surface area contributed by atoms with Gasteiger partial charge in [-0.25, -0.2) is 4.39 Å². The van der Waals surface area contributed by atoms with Gasteiger partial charge < -0.3 is 10.5 Å². The average molecular weight is 262 g/mol. The van der Waals surface area contributed by atoms with Crippen molar-refractivity contribution >= 4 is 15.9 Å². The molecule has 1 aromatic rings. The molecule has 0 aliphatic rings. The largest absolute Gasteiger partial charge is 0.496 e. The molecule has 2 nitrogen and oxygen atoms in total. The first kappa shape index (κ1) is 11.5. The van der Waals surface area contributed by atoms with Crippen molar-refractivity contribution in [2.45, 2.75) is 19.4 Å². The van der Waals surface area contributed by atoms with Gasteiger partial charge in [0.25, 0.3) is 0 Å². The second-order valence-corrected chi connectivity index (χ2v) is 4.54. The molecule has 2 N–H and O–H groups in total. The van der Waals surface area contributed by atoms with Crippen LogP contribution in [0.15, 0.2) is 16.6 Å². The van der Waals surface area contributed by atoms with E-state index in [0.29, 0.717) is 15.8 Å². The van der Waals surface area contributed by atoms with E-state index in [-0.39, 0.29) is 5.82 Å². The van der Waals surface area contributed by atoms with Crippen LogP contribution in [0.3, 0.4) is 0 Å². The second-order valence-electron chi connectivity index (χ2n) is 3.69. The first-order chi connectivity index (χ1) is 6.36. The highest BCUT2D eigenvalue weighted by Crippen LogP contribution is 2.32. The van der Waals surface area contributed by atoms with E-state index in [1.54, 1.807) is 19.9 Å². The minimum absolute atomic E-state index is 0.334. The fourth-order valence-corrected chi connectivity index (χ4v) is 1.52. The van der Waals surface area contributed by atoms with E-state index in [1.807, 2.05) is 0 Å². The van der Waals surface area contributed by atoms with Crippen LogP contribution in [-0.2, 0) is 5.54 Å². The zero-order valence-corrected chi connectivity index (χ0v) is 9.98. The molecule has 0 unspecified atom stereocenters. The van der Waals surface area contributed by atoms with Crippen LogP contribution in [0.5, 0.6) is 5.75 Å². The predicted molar refractivity (Wildman–Crippen MR) is 57.9 cm³/mol. The van der Waals surface area contributed by atoms with Crippen LogP contribution in [0.1, 0.15) is 19.4 Å². The number of hydrogen-bond donors (Lipinski definition) is 1. The summed E-state index contributed by atoms with van der Waals surface area (Å²) >= 11 is 3.09. The number of rotatable bonds is 2. The Labute approximate surface area is 91.4 Å². The van der Waals surface area contributed by atoms with Gasteiger partial charge in [-0.1, -0.05) is 0 Å². The van der Waals surface area contributed by atoms with Gasteiger partial charge >= 0.3 is 0 Å². The molecule has 0 atom stereocenters. The predicted octanol–water partition coefficient (Wildman–Crippen LogP) is 2.79. The summed E-state index contributed by atoms with van der Waals surface area (Å²) < 4.78 is 18.8. The SMILES string of the molecule is COc1cc(Br)c(F)cc1C(C)(C)N. The molecule has 4 heteroatoms. The standard InChI is InChI=1S/C10H13BrFNO/c1-10(2,13)6-4-8(12)7(11)5-9(6)14-3/h4-5H,13H2,1-3H3. The first-order valence-electron chi connectivity index (χ1n) is 4.18. The number of benzene rings is 1. The summed E-state index contributed by atoms with van der Waals surface area (Å²) in [5.74, 6) is 0.255. The van der Waals surface area contributed by atoms with E-state index >= 15 is 0 Å². The third kappa shape index (κ3) is 2.25. The highest BCUT2D eigenvalue weighted by atomic mass is 79.9. The maximum absolute atomic E-state index is 13.3. The van der Waals surface area contributed by atoms with Crippen molar-refractivity contribution in [1.29, 1.82) is 0 Å². The first-order valence-corrected chi connectivity index (χ1v) is 4.98. The van der Waals surface area contributed by atoms with Crippen LogP contribution in [0, 0.1) is 5.82 Å². The molecule has 0 fully saturated rings. The van der Waals surface area contributed by atoms with Crippen LogP contribution in [0.2, 0.25) is 0 Å². The van der Waals surface area contributed by atoms with Gasteiger partial charge in [0.05, 0.1) is 11.6 Å². The molecule has 0 amide bonds. The Kier molecular flexibility index (Phi) is 3.17. The fourth-order valence-electron chi connectivity index (χ4n) is 1.20. The van der Waals surface area contributed by atoms with Crippen LogP contribution < -0.4 is 10.5 Å². The van der Waals surface area contributed by atoms with E-state index in [0.717, 1.165) is 0 Å². The van der Waals surface area contributed by atoms with E-state index < -0.39 is 5.54 Å². The average Bonchev–Trinajstić information content (AvgIpc) is 2.07. The molecule has 14 heavy (non-hydrogen) atoms. The Balaban J connectivity index is 3.35. The number of halogens is 2. The lowest BCUT2D eigenvalue weighted by atomic mass is 9.94. The summed E-state index contributed by atoms with van der Waals surface area (Å²) in [4.78, 5) is 0. The topological polar surface area (TPSA) is 35.2 Å². The van der Waals surface area contributed by atoms with E-state index in [9.17, 15) is 4.39 Å². The quantitative estimate of drug-likeness (QED) is 0.889. The van der Waals surface area contributed by atoms with Gasteiger partial charge in [-0.05, 0) is 41.9 Å². The molecule has 0 radical (unpaired) electrons.